The first kappa shape index (κ1) is 11.4. The average molecular weight is 264 g/mol. The van der Waals surface area contributed by atoms with Crippen molar-refractivity contribution in [1.29, 1.82) is 0 Å². The zero-order chi connectivity index (χ0) is 10.7. The van der Waals surface area contributed by atoms with Crippen LogP contribution in [0.5, 0.6) is 5.75 Å². The first-order valence-corrected chi connectivity index (χ1v) is 4.86. The number of hydrogen-bond donors (Lipinski definition) is 3. The third-order valence-electron chi connectivity index (χ3n) is 1.84. The van der Waals surface area contributed by atoms with Gasteiger partial charge in [-0.3, -0.25) is 0 Å². The third-order valence-corrected chi connectivity index (χ3v) is 2.67. The van der Waals surface area contributed by atoms with Gasteiger partial charge in [0.05, 0.1) is 10.6 Å². The number of aromatic hydroxyl groups is 1. The summed E-state index contributed by atoms with van der Waals surface area (Å²) in [5.41, 5.74) is 0.0688. The lowest BCUT2D eigenvalue weighted by Crippen LogP contribution is -2.18. The van der Waals surface area contributed by atoms with E-state index in [-0.39, 0.29) is 22.3 Å². The van der Waals surface area contributed by atoms with E-state index in [0.717, 1.165) is 6.07 Å². The molecule has 0 aliphatic carbocycles. The van der Waals surface area contributed by atoms with Gasteiger partial charge in [0.1, 0.15) is 11.6 Å². The maximum atomic E-state index is 13.3. The van der Waals surface area contributed by atoms with Crippen LogP contribution in [0.3, 0.4) is 0 Å². The molecule has 1 unspecified atom stereocenters. The molecule has 0 radical (unpaired) electrons. The van der Waals surface area contributed by atoms with Crippen LogP contribution in [0.25, 0.3) is 0 Å². The number of aliphatic hydroxyl groups is 1. The molecule has 3 N–H and O–H groups in total. The maximum absolute atomic E-state index is 13.3. The van der Waals surface area contributed by atoms with Gasteiger partial charge in [-0.15, -0.1) is 0 Å². The van der Waals surface area contributed by atoms with E-state index in [1.54, 1.807) is 7.05 Å². The third kappa shape index (κ3) is 2.23. The molecule has 0 bridgehead atoms. The molecule has 5 heteroatoms. The van der Waals surface area contributed by atoms with Crippen LogP contribution in [0, 0.1) is 5.82 Å². The molecule has 3 nitrogen and oxygen atoms in total. The smallest absolute Gasteiger partial charge is 0.130 e. The molecule has 1 aromatic carbocycles. The van der Waals surface area contributed by atoms with Crippen molar-refractivity contribution in [2.24, 2.45) is 0 Å². The van der Waals surface area contributed by atoms with E-state index in [4.69, 9.17) is 0 Å². The molecule has 0 fully saturated rings. The van der Waals surface area contributed by atoms with Crippen LogP contribution in [0.1, 0.15) is 11.7 Å². The summed E-state index contributed by atoms with van der Waals surface area (Å²) in [5.74, 6) is -0.631. The minimum atomic E-state index is -0.985. The second-order valence-corrected chi connectivity index (χ2v) is 3.66. The molecule has 0 saturated carbocycles. The summed E-state index contributed by atoms with van der Waals surface area (Å²) < 4.78 is 13.5. The number of benzene rings is 1. The number of nitrogens with one attached hydrogen (secondary N) is 1. The molecule has 0 aromatic heterocycles. The fraction of sp³-hybridized carbons (Fsp3) is 0.333. The molecular weight excluding hydrogens is 253 g/mol. The second kappa shape index (κ2) is 4.72. The Kier molecular flexibility index (Phi) is 3.86. The van der Waals surface area contributed by atoms with Gasteiger partial charge in [-0.2, -0.15) is 0 Å². The highest BCUT2D eigenvalue weighted by molar-refractivity contribution is 9.10. The maximum Gasteiger partial charge on any atom is 0.130 e. The van der Waals surface area contributed by atoms with Crippen molar-refractivity contribution in [2.75, 3.05) is 13.6 Å². The Morgan fingerprint density at radius 1 is 1.57 bits per heavy atom. The molecule has 0 saturated heterocycles. The normalized spacial score (nSPS) is 12.9. The summed E-state index contributed by atoms with van der Waals surface area (Å²) in [6, 6.07) is 2.35. The molecule has 0 spiro atoms. The van der Waals surface area contributed by atoms with Gasteiger partial charge in [-0.25, -0.2) is 4.39 Å². The quantitative estimate of drug-likeness (QED) is 0.776. The van der Waals surface area contributed by atoms with Gasteiger partial charge in [-0.1, -0.05) is 0 Å². The van der Waals surface area contributed by atoms with Gasteiger partial charge in [-0.05, 0) is 35.1 Å². The number of phenolic OH excluding ortho intramolecular Hbond substituents is 1. The summed E-state index contributed by atoms with van der Waals surface area (Å²) in [7, 11) is 1.65. The van der Waals surface area contributed by atoms with E-state index >= 15 is 0 Å². The van der Waals surface area contributed by atoms with Crippen LogP contribution in [0.2, 0.25) is 0 Å². The number of likely N-dealkylation sites (N-methyl/N-ethyl adjacent to an activating group) is 1. The second-order valence-electron chi connectivity index (χ2n) is 2.87. The van der Waals surface area contributed by atoms with Crippen molar-refractivity contribution in [3.63, 3.8) is 0 Å². The first-order chi connectivity index (χ1) is 6.57. The lowest BCUT2D eigenvalue weighted by Gasteiger charge is -2.13. The molecular formula is C9H11BrFNO2. The van der Waals surface area contributed by atoms with E-state index in [1.807, 2.05) is 0 Å². The van der Waals surface area contributed by atoms with Crippen molar-refractivity contribution in [1.82, 2.24) is 5.32 Å². The molecule has 0 aliphatic heterocycles. The van der Waals surface area contributed by atoms with Gasteiger partial charge in [0.15, 0.2) is 0 Å². The molecule has 14 heavy (non-hydrogen) atoms. The zero-order valence-corrected chi connectivity index (χ0v) is 9.18. The Morgan fingerprint density at radius 2 is 2.21 bits per heavy atom. The molecule has 1 aromatic rings. The average Bonchev–Trinajstić information content (AvgIpc) is 2.13. The van der Waals surface area contributed by atoms with Crippen molar-refractivity contribution >= 4 is 15.9 Å². The summed E-state index contributed by atoms with van der Waals surface area (Å²) in [4.78, 5) is 0. The largest absolute Gasteiger partial charge is 0.507 e. The van der Waals surface area contributed by atoms with E-state index in [2.05, 4.69) is 21.2 Å². The highest BCUT2D eigenvalue weighted by Crippen LogP contribution is 2.33. The van der Waals surface area contributed by atoms with Crippen molar-refractivity contribution in [3.05, 3.63) is 28.0 Å². The van der Waals surface area contributed by atoms with Gasteiger partial charge in [0.2, 0.25) is 0 Å². The monoisotopic (exact) mass is 263 g/mol. The Hall–Kier alpha value is -0.650. The van der Waals surface area contributed by atoms with Crippen molar-refractivity contribution < 1.29 is 14.6 Å². The number of hydrogen-bond acceptors (Lipinski definition) is 3. The Bertz CT molecular complexity index is 333. The van der Waals surface area contributed by atoms with E-state index in [0.29, 0.717) is 0 Å². The molecule has 0 aliphatic rings. The summed E-state index contributed by atoms with van der Waals surface area (Å²) in [5, 5.41) is 21.6. The standard InChI is InChI=1S/C9H11BrFNO2/c1-12-4-7(14)8-5(11)2-3-6(13)9(8)10/h2-3,7,12-14H,4H2,1H3. The van der Waals surface area contributed by atoms with Crippen LogP contribution in [-0.4, -0.2) is 23.8 Å². The summed E-state index contributed by atoms with van der Waals surface area (Å²) in [6.45, 7) is 0.221. The predicted molar refractivity (Wildman–Crippen MR) is 54.7 cm³/mol. The van der Waals surface area contributed by atoms with Crippen molar-refractivity contribution in [3.8, 4) is 5.75 Å². The van der Waals surface area contributed by atoms with Gasteiger partial charge < -0.3 is 15.5 Å². The van der Waals surface area contributed by atoms with Crippen LogP contribution >= 0.6 is 15.9 Å². The fourth-order valence-corrected chi connectivity index (χ4v) is 1.74. The van der Waals surface area contributed by atoms with Crippen LogP contribution in [-0.2, 0) is 0 Å². The highest BCUT2D eigenvalue weighted by atomic mass is 79.9. The van der Waals surface area contributed by atoms with Crippen LogP contribution in [0.4, 0.5) is 4.39 Å². The minimum Gasteiger partial charge on any atom is -0.507 e. The fourth-order valence-electron chi connectivity index (χ4n) is 1.16. The molecule has 1 rings (SSSR count). The zero-order valence-electron chi connectivity index (χ0n) is 7.59. The number of aliphatic hydroxyl groups excluding tert-OH is 1. The van der Waals surface area contributed by atoms with E-state index in [1.165, 1.54) is 6.07 Å². The van der Waals surface area contributed by atoms with Crippen LogP contribution < -0.4 is 5.32 Å². The van der Waals surface area contributed by atoms with Crippen LogP contribution in [0.15, 0.2) is 16.6 Å². The van der Waals surface area contributed by atoms with Gasteiger partial charge in [0.25, 0.3) is 0 Å². The summed E-state index contributed by atoms with van der Waals surface area (Å²) >= 11 is 3.02. The summed E-state index contributed by atoms with van der Waals surface area (Å²) in [6.07, 6.45) is -0.985. The molecule has 1 atom stereocenters. The Labute approximate surface area is 89.7 Å². The lowest BCUT2D eigenvalue weighted by atomic mass is 10.1. The van der Waals surface area contributed by atoms with E-state index in [9.17, 15) is 14.6 Å². The van der Waals surface area contributed by atoms with Gasteiger partial charge in [0, 0.05) is 12.1 Å². The number of rotatable bonds is 3. The highest BCUT2D eigenvalue weighted by Gasteiger charge is 2.18. The molecule has 0 heterocycles. The topological polar surface area (TPSA) is 52.5 Å². The molecule has 78 valence electrons. The van der Waals surface area contributed by atoms with Gasteiger partial charge >= 0.3 is 0 Å². The van der Waals surface area contributed by atoms with Crippen molar-refractivity contribution in [2.45, 2.75) is 6.10 Å². The molecule has 0 amide bonds. The number of phenols is 1. The van der Waals surface area contributed by atoms with E-state index < -0.39 is 11.9 Å². The lowest BCUT2D eigenvalue weighted by molar-refractivity contribution is 0.171. The predicted octanol–water partition coefficient (Wildman–Crippen LogP) is 1.55. The Balaban J connectivity index is 3.11. The Morgan fingerprint density at radius 3 is 2.79 bits per heavy atom. The minimum absolute atomic E-state index is 0.0688. The SMILES string of the molecule is CNCC(O)c1c(F)ccc(O)c1Br. The first-order valence-electron chi connectivity index (χ1n) is 4.07. The number of halogens is 2.